The Kier molecular flexibility index (Phi) is 3.52. The Bertz CT molecular complexity index is 389. The number of rotatable bonds is 2. The highest BCUT2D eigenvalue weighted by atomic mass is 16.6. The summed E-state index contributed by atoms with van der Waals surface area (Å²) >= 11 is 0. The van der Waals surface area contributed by atoms with Crippen molar-refractivity contribution in [3.05, 3.63) is 29.8 Å². The number of nitrogens with two attached hydrogens (primary N) is 1. The van der Waals surface area contributed by atoms with Crippen LogP contribution in [0, 0.1) is 0 Å². The number of anilines is 1. The summed E-state index contributed by atoms with van der Waals surface area (Å²) in [6, 6.07) is 7.85. The molecule has 17 heavy (non-hydrogen) atoms. The number of hydrogen-bond donors (Lipinski definition) is 1. The van der Waals surface area contributed by atoms with Crippen LogP contribution < -0.4 is 5.73 Å². The quantitative estimate of drug-likeness (QED) is 0.800. The Labute approximate surface area is 101 Å². The number of carbonyl (C=O) groups excluding carboxylic acids is 1. The Morgan fingerprint density at radius 1 is 1.47 bits per heavy atom. The highest BCUT2D eigenvalue weighted by Gasteiger charge is 2.30. The molecule has 1 atom stereocenters. The molecular weight excluding hydrogens is 216 g/mol. The first-order chi connectivity index (χ1) is 8.22. The van der Waals surface area contributed by atoms with Crippen molar-refractivity contribution in [3.8, 4) is 0 Å². The molecule has 0 bridgehead atoms. The second-order valence-corrected chi connectivity index (χ2v) is 4.22. The number of hydrogen-bond acceptors (Lipinski definition) is 3. The molecule has 0 aliphatic carbocycles. The fourth-order valence-corrected chi connectivity index (χ4v) is 2.26. The van der Waals surface area contributed by atoms with E-state index in [-0.39, 0.29) is 12.1 Å². The fourth-order valence-electron chi connectivity index (χ4n) is 2.26. The minimum absolute atomic E-state index is 0.134. The number of benzene rings is 1. The van der Waals surface area contributed by atoms with Crippen LogP contribution in [0.15, 0.2) is 24.3 Å². The predicted molar refractivity (Wildman–Crippen MR) is 66.6 cm³/mol. The second-order valence-electron chi connectivity index (χ2n) is 4.22. The second kappa shape index (κ2) is 5.08. The van der Waals surface area contributed by atoms with Crippen molar-refractivity contribution in [3.63, 3.8) is 0 Å². The van der Waals surface area contributed by atoms with Crippen LogP contribution in [0.4, 0.5) is 10.5 Å². The molecule has 0 radical (unpaired) electrons. The van der Waals surface area contributed by atoms with Gasteiger partial charge in [-0.2, -0.15) is 0 Å². The van der Waals surface area contributed by atoms with Gasteiger partial charge in [0.15, 0.2) is 0 Å². The minimum Gasteiger partial charge on any atom is -0.450 e. The normalized spacial score (nSPS) is 19.4. The first-order valence-corrected chi connectivity index (χ1v) is 6.01. The lowest BCUT2D eigenvalue weighted by molar-refractivity contribution is 0.103. The van der Waals surface area contributed by atoms with Crippen molar-refractivity contribution in [2.45, 2.75) is 25.8 Å². The number of amides is 1. The number of carbonyl (C=O) groups is 1. The average molecular weight is 234 g/mol. The van der Waals surface area contributed by atoms with Crippen molar-refractivity contribution in [1.82, 2.24) is 4.90 Å². The molecule has 1 fully saturated rings. The van der Waals surface area contributed by atoms with Crippen molar-refractivity contribution in [2.75, 3.05) is 18.9 Å². The third kappa shape index (κ3) is 2.52. The van der Waals surface area contributed by atoms with E-state index >= 15 is 0 Å². The summed E-state index contributed by atoms with van der Waals surface area (Å²) in [6.07, 6.45) is 1.79. The van der Waals surface area contributed by atoms with Gasteiger partial charge >= 0.3 is 6.09 Å². The van der Waals surface area contributed by atoms with Crippen LogP contribution in [0.2, 0.25) is 0 Å². The van der Waals surface area contributed by atoms with E-state index in [0.29, 0.717) is 6.61 Å². The molecule has 0 aromatic heterocycles. The van der Waals surface area contributed by atoms with Crippen LogP contribution >= 0.6 is 0 Å². The van der Waals surface area contributed by atoms with E-state index in [1.54, 1.807) is 4.90 Å². The molecule has 1 aromatic carbocycles. The zero-order chi connectivity index (χ0) is 12.3. The van der Waals surface area contributed by atoms with Crippen LogP contribution in [0.25, 0.3) is 0 Å². The van der Waals surface area contributed by atoms with Gasteiger partial charge in [-0.1, -0.05) is 12.1 Å². The molecule has 0 spiro atoms. The lowest BCUT2D eigenvalue weighted by atomic mass is 10.0. The van der Waals surface area contributed by atoms with Crippen LogP contribution in [0.3, 0.4) is 0 Å². The lowest BCUT2D eigenvalue weighted by Gasteiger charge is -2.24. The van der Waals surface area contributed by atoms with Gasteiger partial charge in [0.05, 0.1) is 12.6 Å². The number of nitrogen functional groups attached to an aromatic ring is 1. The third-order valence-electron chi connectivity index (χ3n) is 3.08. The lowest BCUT2D eigenvalue weighted by Crippen LogP contribution is -2.31. The summed E-state index contributed by atoms with van der Waals surface area (Å²) in [5, 5.41) is 0. The van der Waals surface area contributed by atoms with E-state index in [1.165, 1.54) is 0 Å². The summed E-state index contributed by atoms with van der Waals surface area (Å²) in [5.41, 5.74) is 7.54. The van der Waals surface area contributed by atoms with Gasteiger partial charge in [-0.05, 0) is 37.5 Å². The smallest absolute Gasteiger partial charge is 0.410 e. The average Bonchev–Trinajstić information content (AvgIpc) is 2.79. The largest absolute Gasteiger partial charge is 0.450 e. The summed E-state index contributed by atoms with van der Waals surface area (Å²) in [6.45, 7) is 3.02. The van der Waals surface area contributed by atoms with E-state index in [4.69, 9.17) is 10.5 Å². The summed E-state index contributed by atoms with van der Waals surface area (Å²) in [5.74, 6) is 0. The van der Waals surface area contributed by atoms with Gasteiger partial charge in [0.1, 0.15) is 0 Å². The summed E-state index contributed by atoms with van der Waals surface area (Å²) in [7, 11) is 0. The monoisotopic (exact) mass is 234 g/mol. The van der Waals surface area contributed by atoms with Crippen LogP contribution in [-0.4, -0.2) is 24.1 Å². The molecule has 2 rings (SSSR count). The van der Waals surface area contributed by atoms with Crippen molar-refractivity contribution in [1.29, 1.82) is 0 Å². The van der Waals surface area contributed by atoms with E-state index in [2.05, 4.69) is 0 Å². The van der Waals surface area contributed by atoms with Crippen LogP contribution in [0.5, 0.6) is 0 Å². The summed E-state index contributed by atoms with van der Waals surface area (Å²) in [4.78, 5) is 13.6. The Hall–Kier alpha value is -1.71. The molecule has 1 aliphatic heterocycles. The molecule has 0 saturated carbocycles. The predicted octanol–water partition coefficient (Wildman–Crippen LogP) is 2.56. The molecule has 2 N–H and O–H groups in total. The number of nitrogens with zero attached hydrogens (tertiary/aromatic N) is 1. The summed E-state index contributed by atoms with van der Waals surface area (Å²) < 4.78 is 5.06. The van der Waals surface area contributed by atoms with Gasteiger partial charge < -0.3 is 15.4 Å². The maximum absolute atomic E-state index is 11.8. The highest BCUT2D eigenvalue weighted by Crippen LogP contribution is 2.32. The maximum Gasteiger partial charge on any atom is 0.410 e. The topological polar surface area (TPSA) is 55.6 Å². The molecule has 1 unspecified atom stereocenters. The van der Waals surface area contributed by atoms with Gasteiger partial charge in [-0.15, -0.1) is 0 Å². The Balaban J connectivity index is 2.14. The van der Waals surface area contributed by atoms with Crippen molar-refractivity contribution in [2.24, 2.45) is 0 Å². The van der Waals surface area contributed by atoms with Crippen LogP contribution in [-0.2, 0) is 4.74 Å². The zero-order valence-corrected chi connectivity index (χ0v) is 10.1. The van der Waals surface area contributed by atoms with Gasteiger partial charge in [-0.25, -0.2) is 4.79 Å². The molecule has 4 nitrogen and oxygen atoms in total. The van der Waals surface area contributed by atoms with E-state index in [0.717, 1.165) is 30.6 Å². The number of ether oxygens (including phenoxy) is 1. The Morgan fingerprint density at radius 2 is 2.18 bits per heavy atom. The fraction of sp³-hybridized carbons (Fsp3) is 0.462. The van der Waals surface area contributed by atoms with Gasteiger partial charge in [0.25, 0.3) is 0 Å². The molecule has 1 aromatic rings. The number of likely N-dealkylation sites (tertiary alicyclic amines) is 1. The third-order valence-corrected chi connectivity index (χ3v) is 3.08. The van der Waals surface area contributed by atoms with Crippen LogP contribution in [0.1, 0.15) is 31.4 Å². The van der Waals surface area contributed by atoms with Gasteiger partial charge in [0.2, 0.25) is 0 Å². The van der Waals surface area contributed by atoms with E-state index < -0.39 is 0 Å². The molecule has 1 aliphatic rings. The molecule has 92 valence electrons. The highest BCUT2D eigenvalue weighted by molar-refractivity contribution is 5.68. The molecule has 4 heteroatoms. The Morgan fingerprint density at radius 3 is 2.82 bits per heavy atom. The molecule has 1 heterocycles. The molecule has 1 amide bonds. The standard InChI is InChI=1S/C13H18N2O2/c1-2-17-13(16)15-9-3-4-12(15)10-5-7-11(14)8-6-10/h5-8,12H,2-4,9,14H2,1H3. The molecular formula is C13H18N2O2. The van der Waals surface area contributed by atoms with E-state index in [1.807, 2.05) is 31.2 Å². The first-order valence-electron chi connectivity index (χ1n) is 6.01. The molecule has 1 saturated heterocycles. The minimum atomic E-state index is -0.216. The zero-order valence-electron chi connectivity index (χ0n) is 10.1. The van der Waals surface area contributed by atoms with Crippen molar-refractivity contribution < 1.29 is 9.53 Å². The maximum atomic E-state index is 11.8. The first kappa shape index (κ1) is 11.8. The van der Waals surface area contributed by atoms with Gasteiger partial charge in [0, 0.05) is 12.2 Å². The van der Waals surface area contributed by atoms with Crippen molar-refractivity contribution >= 4 is 11.8 Å². The SMILES string of the molecule is CCOC(=O)N1CCCC1c1ccc(N)cc1. The van der Waals surface area contributed by atoms with Gasteiger partial charge in [-0.3, -0.25) is 0 Å². The van der Waals surface area contributed by atoms with E-state index in [9.17, 15) is 4.79 Å².